The van der Waals surface area contributed by atoms with Gasteiger partial charge in [0.25, 0.3) is 0 Å². The smallest absolute Gasteiger partial charge is 0.320 e. The number of nitrogens with zero attached hydrogens (tertiary/aromatic N) is 1. The second-order valence-electron chi connectivity index (χ2n) is 6.22. The van der Waals surface area contributed by atoms with Crippen LogP contribution in [0, 0.1) is 6.92 Å². The van der Waals surface area contributed by atoms with E-state index in [1.54, 1.807) is 18.4 Å². The number of methoxy groups -OCH3 is 1. The molecule has 0 bridgehead atoms. The van der Waals surface area contributed by atoms with Gasteiger partial charge in [-0.1, -0.05) is 18.6 Å². The summed E-state index contributed by atoms with van der Waals surface area (Å²) in [6.07, 6.45) is 2.72. The van der Waals surface area contributed by atoms with E-state index in [-0.39, 0.29) is 6.04 Å². The fourth-order valence-corrected chi connectivity index (χ4v) is 4.49. The van der Waals surface area contributed by atoms with Gasteiger partial charge in [0.1, 0.15) is 11.8 Å². The van der Waals surface area contributed by atoms with Crippen LogP contribution in [0.3, 0.4) is 0 Å². The number of carboxylic acids is 1. The number of rotatable bonds is 5. The number of aliphatic carboxylic acids is 1. The van der Waals surface area contributed by atoms with E-state index in [2.05, 4.69) is 30.0 Å². The normalized spacial score (nSPS) is 19.8. The number of carbonyl (C=O) groups is 1. The van der Waals surface area contributed by atoms with E-state index in [0.717, 1.165) is 30.7 Å². The van der Waals surface area contributed by atoms with Crippen LogP contribution >= 0.6 is 11.3 Å². The zero-order valence-electron chi connectivity index (χ0n) is 14.1. The molecule has 0 aliphatic carbocycles. The number of hydrogen-bond donors (Lipinski definition) is 1. The third-order valence-electron chi connectivity index (χ3n) is 4.60. The summed E-state index contributed by atoms with van der Waals surface area (Å²) < 4.78 is 5.38. The minimum absolute atomic E-state index is 0.0415. The molecule has 24 heavy (non-hydrogen) atoms. The van der Waals surface area contributed by atoms with Gasteiger partial charge < -0.3 is 9.84 Å². The van der Waals surface area contributed by atoms with E-state index in [0.29, 0.717) is 6.42 Å². The van der Waals surface area contributed by atoms with Crippen molar-refractivity contribution in [2.75, 3.05) is 13.7 Å². The highest BCUT2D eigenvalue weighted by molar-refractivity contribution is 7.12. The summed E-state index contributed by atoms with van der Waals surface area (Å²) in [4.78, 5) is 16.4. The largest absolute Gasteiger partial charge is 0.497 e. The molecule has 1 aromatic carbocycles. The monoisotopic (exact) mass is 345 g/mol. The number of carboxylic acid groups (broad SMARTS) is 1. The number of thiophene rings is 1. The Morgan fingerprint density at radius 1 is 1.33 bits per heavy atom. The lowest BCUT2D eigenvalue weighted by Crippen LogP contribution is -2.46. The van der Waals surface area contributed by atoms with Crippen LogP contribution in [0.1, 0.15) is 40.6 Å². The fraction of sp³-hybridized carbons (Fsp3) is 0.421. The predicted octanol–water partition coefficient (Wildman–Crippen LogP) is 4.09. The van der Waals surface area contributed by atoms with Gasteiger partial charge in [-0.05, 0) is 56.1 Å². The molecule has 1 saturated heterocycles. The maximum atomic E-state index is 11.8. The number of likely N-dealkylation sites (tertiary alicyclic amines) is 1. The first kappa shape index (κ1) is 17.0. The van der Waals surface area contributed by atoms with E-state index in [1.807, 2.05) is 18.2 Å². The van der Waals surface area contributed by atoms with Crippen LogP contribution in [-0.2, 0) is 4.79 Å². The minimum Gasteiger partial charge on any atom is -0.497 e. The maximum absolute atomic E-state index is 11.8. The fourth-order valence-electron chi connectivity index (χ4n) is 3.46. The molecule has 2 heterocycles. The van der Waals surface area contributed by atoms with Crippen molar-refractivity contribution < 1.29 is 14.6 Å². The Morgan fingerprint density at radius 3 is 2.83 bits per heavy atom. The van der Waals surface area contributed by atoms with Crippen LogP contribution in [0.15, 0.2) is 36.4 Å². The summed E-state index contributed by atoms with van der Waals surface area (Å²) >= 11 is 1.74. The standard InChI is InChI=1S/C19H23NO3S/c1-13-9-10-17(24-13)18(14-6-5-7-15(12-14)23-2)20-11-4-3-8-16(20)19(21)22/h5-7,9-10,12,16,18H,3-4,8,11H2,1-2H3,(H,21,22). The lowest BCUT2D eigenvalue weighted by molar-refractivity contribution is -0.145. The van der Waals surface area contributed by atoms with Gasteiger partial charge in [-0.25, -0.2) is 0 Å². The van der Waals surface area contributed by atoms with Gasteiger partial charge in [0, 0.05) is 9.75 Å². The molecule has 0 saturated carbocycles. The van der Waals surface area contributed by atoms with Crippen molar-refractivity contribution in [3.8, 4) is 5.75 Å². The van der Waals surface area contributed by atoms with Gasteiger partial charge >= 0.3 is 5.97 Å². The van der Waals surface area contributed by atoms with Crippen molar-refractivity contribution in [2.24, 2.45) is 0 Å². The Hall–Kier alpha value is -1.85. The van der Waals surface area contributed by atoms with Crippen molar-refractivity contribution >= 4 is 17.3 Å². The van der Waals surface area contributed by atoms with E-state index < -0.39 is 12.0 Å². The summed E-state index contributed by atoms with van der Waals surface area (Å²) in [5, 5.41) is 9.69. The Kier molecular flexibility index (Phi) is 5.21. The highest BCUT2D eigenvalue weighted by atomic mass is 32.1. The molecular weight excluding hydrogens is 322 g/mol. The van der Waals surface area contributed by atoms with Crippen LogP contribution < -0.4 is 4.74 Å². The number of aryl methyl sites for hydroxylation is 1. The summed E-state index contributed by atoms with van der Waals surface area (Å²) in [6.45, 7) is 2.89. The number of ether oxygens (including phenoxy) is 1. The molecule has 5 heteroatoms. The zero-order chi connectivity index (χ0) is 17.1. The predicted molar refractivity (Wildman–Crippen MR) is 95.9 cm³/mol. The molecule has 0 radical (unpaired) electrons. The molecule has 128 valence electrons. The minimum atomic E-state index is -0.726. The highest BCUT2D eigenvalue weighted by Crippen LogP contribution is 2.38. The second-order valence-corrected chi connectivity index (χ2v) is 7.53. The number of piperidine rings is 1. The van der Waals surface area contributed by atoms with Gasteiger partial charge in [-0.2, -0.15) is 0 Å². The Morgan fingerprint density at radius 2 is 2.17 bits per heavy atom. The Labute approximate surface area is 146 Å². The maximum Gasteiger partial charge on any atom is 0.320 e. The molecule has 2 unspecified atom stereocenters. The lowest BCUT2D eigenvalue weighted by atomic mass is 9.95. The second kappa shape index (κ2) is 7.36. The van der Waals surface area contributed by atoms with E-state index >= 15 is 0 Å². The summed E-state index contributed by atoms with van der Waals surface area (Å²) in [7, 11) is 1.66. The van der Waals surface area contributed by atoms with Gasteiger partial charge in [0.15, 0.2) is 0 Å². The molecule has 1 fully saturated rings. The summed E-state index contributed by atoms with van der Waals surface area (Å²) in [6, 6.07) is 11.7. The van der Waals surface area contributed by atoms with Crippen molar-refractivity contribution in [2.45, 2.75) is 38.3 Å². The van der Waals surface area contributed by atoms with Gasteiger partial charge in [-0.15, -0.1) is 11.3 Å². The van der Waals surface area contributed by atoms with Gasteiger partial charge in [0.05, 0.1) is 13.2 Å². The topological polar surface area (TPSA) is 49.8 Å². The van der Waals surface area contributed by atoms with Crippen molar-refractivity contribution in [3.05, 3.63) is 51.7 Å². The highest BCUT2D eigenvalue weighted by Gasteiger charge is 2.35. The summed E-state index contributed by atoms with van der Waals surface area (Å²) in [5.41, 5.74) is 1.09. The van der Waals surface area contributed by atoms with Crippen LogP contribution in [0.2, 0.25) is 0 Å². The molecule has 1 aromatic heterocycles. The van der Waals surface area contributed by atoms with Crippen LogP contribution in [0.25, 0.3) is 0 Å². The van der Waals surface area contributed by atoms with Crippen molar-refractivity contribution in [1.29, 1.82) is 0 Å². The molecule has 4 nitrogen and oxygen atoms in total. The zero-order valence-corrected chi connectivity index (χ0v) is 14.9. The molecule has 2 aromatic rings. The van der Waals surface area contributed by atoms with E-state index in [9.17, 15) is 9.90 Å². The van der Waals surface area contributed by atoms with Gasteiger partial charge in [-0.3, -0.25) is 9.69 Å². The molecule has 1 N–H and O–H groups in total. The van der Waals surface area contributed by atoms with Crippen molar-refractivity contribution in [1.82, 2.24) is 4.90 Å². The van der Waals surface area contributed by atoms with Crippen molar-refractivity contribution in [3.63, 3.8) is 0 Å². The van der Waals surface area contributed by atoms with E-state index in [1.165, 1.54) is 9.75 Å². The number of benzene rings is 1. The summed E-state index contributed by atoms with van der Waals surface area (Å²) in [5.74, 6) is 0.0746. The molecule has 2 atom stereocenters. The lowest BCUT2D eigenvalue weighted by Gasteiger charge is -2.39. The first-order valence-corrected chi connectivity index (χ1v) is 9.10. The van der Waals surface area contributed by atoms with Gasteiger partial charge in [0.2, 0.25) is 0 Å². The molecule has 1 aliphatic rings. The van der Waals surface area contributed by atoms with E-state index in [4.69, 9.17) is 4.74 Å². The quantitative estimate of drug-likeness (QED) is 0.886. The SMILES string of the molecule is COc1cccc(C(c2ccc(C)s2)N2CCCCC2C(=O)O)c1. The van der Waals surface area contributed by atoms with Crippen LogP contribution in [0.5, 0.6) is 5.75 Å². The molecular formula is C19H23NO3S. The average molecular weight is 345 g/mol. The number of hydrogen-bond acceptors (Lipinski definition) is 4. The molecule has 3 rings (SSSR count). The molecule has 0 spiro atoms. The average Bonchev–Trinajstić information content (AvgIpc) is 3.01. The first-order chi connectivity index (χ1) is 11.6. The van der Waals surface area contributed by atoms with Crippen LogP contribution in [-0.4, -0.2) is 35.7 Å². The molecule has 0 amide bonds. The third kappa shape index (κ3) is 3.47. The Bertz CT molecular complexity index is 712. The molecule has 1 aliphatic heterocycles. The Balaban J connectivity index is 2.05. The van der Waals surface area contributed by atoms with Crippen LogP contribution in [0.4, 0.5) is 0 Å². The third-order valence-corrected chi connectivity index (χ3v) is 5.65. The first-order valence-electron chi connectivity index (χ1n) is 8.29.